The van der Waals surface area contributed by atoms with Crippen LogP contribution in [0.25, 0.3) is 99.3 Å². The van der Waals surface area contributed by atoms with Crippen molar-refractivity contribution < 1.29 is 4.42 Å². The predicted octanol–water partition coefficient (Wildman–Crippen LogP) is 10.8. The zero-order chi connectivity index (χ0) is 30.9. The molecule has 0 aliphatic carbocycles. The van der Waals surface area contributed by atoms with Gasteiger partial charge in [0.15, 0.2) is 17.5 Å². The van der Waals surface area contributed by atoms with Gasteiger partial charge in [-0.05, 0) is 62.6 Å². The summed E-state index contributed by atoms with van der Waals surface area (Å²) in [6.45, 7) is 0. The third-order valence-electron chi connectivity index (χ3n) is 9.14. The van der Waals surface area contributed by atoms with E-state index < -0.39 is 0 Å². The summed E-state index contributed by atoms with van der Waals surface area (Å²) < 4.78 is 6.26. The Balaban J connectivity index is 1.31. The minimum Gasteiger partial charge on any atom is -0.456 e. The first-order chi connectivity index (χ1) is 23.3. The summed E-state index contributed by atoms with van der Waals surface area (Å²) in [5.41, 5.74) is 5.25. The molecule has 47 heavy (non-hydrogen) atoms. The summed E-state index contributed by atoms with van der Waals surface area (Å²) in [5, 5.41) is 9.96. The van der Waals surface area contributed by atoms with Crippen molar-refractivity contribution >= 4 is 65.2 Å². The molecule has 0 amide bonds. The molecular weight excluding hydrogens is 576 g/mol. The minimum atomic E-state index is 0.588. The molecule has 0 unspecified atom stereocenters. The van der Waals surface area contributed by atoms with Crippen LogP contribution in [0, 0.1) is 0 Å². The lowest BCUT2D eigenvalue weighted by molar-refractivity contribution is 0.669. The molecular formula is C42H24N4O. The van der Waals surface area contributed by atoms with E-state index in [0.717, 1.165) is 65.7 Å². The fourth-order valence-corrected chi connectivity index (χ4v) is 6.96. The molecule has 0 bridgehead atoms. The van der Waals surface area contributed by atoms with Crippen LogP contribution in [-0.2, 0) is 0 Å². The number of para-hydroxylation sites is 1. The number of fused-ring (bicyclic) bond motifs is 9. The van der Waals surface area contributed by atoms with Gasteiger partial charge >= 0.3 is 0 Å². The molecule has 10 aromatic rings. The van der Waals surface area contributed by atoms with Crippen molar-refractivity contribution in [3.63, 3.8) is 0 Å². The molecule has 5 nitrogen and oxygen atoms in total. The Labute approximate surface area is 268 Å². The van der Waals surface area contributed by atoms with Crippen LogP contribution in [0.4, 0.5) is 0 Å². The monoisotopic (exact) mass is 600 g/mol. The average molecular weight is 601 g/mol. The maximum Gasteiger partial charge on any atom is 0.164 e. The lowest BCUT2D eigenvalue weighted by Gasteiger charge is -2.14. The van der Waals surface area contributed by atoms with E-state index in [2.05, 4.69) is 103 Å². The predicted molar refractivity (Wildman–Crippen MR) is 191 cm³/mol. The molecule has 0 radical (unpaired) electrons. The maximum atomic E-state index is 6.26. The van der Waals surface area contributed by atoms with Gasteiger partial charge in [-0.15, -0.1) is 0 Å². The Kier molecular flexibility index (Phi) is 5.51. The summed E-state index contributed by atoms with van der Waals surface area (Å²) >= 11 is 0. The molecule has 0 N–H and O–H groups in total. The lowest BCUT2D eigenvalue weighted by atomic mass is 9.94. The largest absolute Gasteiger partial charge is 0.456 e. The van der Waals surface area contributed by atoms with Crippen molar-refractivity contribution in [3.8, 4) is 34.2 Å². The third-order valence-corrected chi connectivity index (χ3v) is 9.14. The molecule has 5 heteroatoms. The van der Waals surface area contributed by atoms with Crippen LogP contribution in [0.1, 0.15) is 0 Å². The number of nitrogens with zero attached hydrogens (tertiary/aromatic N) is 4. The number of hydrogen-bond donors (Lipinski definition) is 0. The second-order valence-electron chi connectivity index (χ2n) is 11.8. The van der Waals surface area contributed by atoms with Crippen LogP contribution in [-0.4, -0.2) is 19.9 Å². The standard InChI is InChI=1S/C42H24N4O/c1-2-11-27-23-28(19-18-25(27)9-1)40-44-41(33-14-7-17-37-39(33)32-13-5-6-16-36(32)47-37)46-42(45-40)34-24-35-31(15-8-22-43-35)38-29-12-4-3-10-26(29)20-21-30(34)38/h1-24H. The van der Waals surface area contributed by atoms with Crippen LogP contribution in [0.3, 0.4) is 0 Å². The Bertz CT molecular complexity index is 2860. The van der Waals surface area contributed by atoms with E-state index >= 15 is 0 Å². The van der Waals surface area contributed by atoms with Gasteiger partial charge in [-0.3, -0.25) is 4.98 Å². The van der Waals surface area contributed by atoms with Crippen molar-refractivity contribution in [2.75, 3.05) is 0 Å². The van der Waals surface area contributed by atoms with E-state index in [1.165, 1.54) is 16.2 Å². The molecule has 0 spiro atoms. The molecule has 0 fully saturated rings. The highest BCUT2D eigenvalue weighted by Gasteiger charge is 2.20. The summed E-state index contributed by atoms with van der Waals surface area (Å²) in [5.74, 6) is 1.79. The van der Waals surface area contributed by atoms with Gasteiger partial charge in [-0.2, -0.15) is 0 Å². The summed E-state index contributed by atoms with van der Waals surface area (Å²) in [6, 6.07) is 48.0. The smallest absolute Gasteiger partial charge is 0.164 e. The van der Waals surface area contributed by atoms with Crippen LogP contribution in [0.5, 0.6) is 0 Å². The van der Waals surface area contributed by atoms with Gasteiger partial charge in [0.05, 0.1) is 5.52 Å². The number of aromatic nitrogens is 4. The molecule has 0 saturated carbocycles. The van der Waals surface area contributed by atoms with Crippen LogP contribution >= 0.6 is 0 Å². The fourth-order valence-electron chi connectivity index (χ4n) is 6.96. The topological polar surface area (TPSA) is 64.7 Å². The van der Waals surface area contributed by atoms with Gasteiger partial charge in [0.25, 0.3) is 0 Å². The van der Waals surface area contributed by atoms with Gasteiger partial charge in [0.1, 0.15) is 11.2 Å². The van der Waals surface area contributed by atoms with Crippen LogP contribution < -0.4 is 0 Å². The molecule has 3 aromatic heterocycles. The number of benzene rings is 7. The molecule has 3 heterocycles. The second kappa shape index (κ2) is 10.0. The molecule has 7 aromatic carbocycles. The lowest BCUT2D eigenvalue weighted by Crippen LogP contribution is -2.01. The molecule has 0 aliphatic rings. The first kappa shape index (κ1) is 25.8. The zero-order valence-corrected chi connectivity index (χ0v) is 25.1. The summed E-state index contributed by atoms with van der Waals surface area (Å²) in [4.78, 5) is 20.4. The molecule has 0 aliphatic heterocycles. The molecule has 10 rings (SSSR count). The van der Waals surface area contributed by atoms with Gasteiger partial charge < -0.3 is 4.42 Å². The summed E-state index contributed by atoms with van der Waals surface area (Å²) in [7, 11) is 0. The van der Waals surface area contributed by atoms with Crippen molar-refractivity contribution in [2.45, 2.75) is 0 Å². The van der Waals surface area contributed by atoms with E-state index in [1.54, 1.807) is 0 Å². The first-order valence-electron chi connectivity index (χ1n) is 15.6. The molecule has 218 valence electrons. The van der Waals surface area contributed by atoms with E-state index in [-0.39, 0.29) is 0 Å². The quantitative estimate of drug-likeness (QED) is 0.189. The van der Waals surface area contributed by atoms with E-state index in [1.807, 2.05) is 42.6 Å². The Morgan fingerprint density at radius 1 is 0.404 bits per heavy atom. The number of furan rings is 1. The van der Waals surface area contributed by atoms with Crippen molar-refractivity contribution in [2.24, 2.45) is 0 Å². The average Bonchev–Trinajstić information content (AvgIpc) is 3.53. The third kappa shape index (κ3) is 4.03. The van der Waals surface area contributed by atoms with Gasteiger partial charge in [0.2, 0.25) is 0 Å². The van der Waals surface area contributed by atoms with Crippen molar-refractivity contribution in [1.29, 1.82) is 0 Å². The van der Waals surface area contributed by atoms with Gasteiger partial charge in [-0.1, -0.05) is 109 Å². The normalized spacial score (nSPS) is 11.8. The number of hydrogen-bond acceptors (Lipinski definition) is 5. The Morgan fingerprint density at radius 3 is 2.02 bits per heavy atom. The second-order valence-corrected chi connectivity index (χ2v) is 11.8. The van der Waals surface area contributed by atoms with Gasteiger partial charge in [0, 0.05) is 39.0 Å². The molecule has 0 atom stereocenters. The van der Waals surface area contributed by atoms with Gasteiger partial charge in [-0.25, -0.2) is 15.0 Å². The highest BCUT2D eigenvalue weighted by molar-refractivity contribution is 6.23. The van der Waals surface area contributed by atoms with E-state index in [4.69, 9.17) is 24.4 Å². The SMILES string of the molecule is c1ccc2cc(-c3nc(-c4cc5ncccc5c5c4ccc4ccccc45)nc(-c4cccc5oc6ccccc6c45)n3)ccc2c1. The highest BCUT2D eigenvalue weighted by atomic mass is 16.3. The Hall–Kier alpha value is -6.46. The summed E-state index contributed by atoms with van der Waals surface area (Å²) in [6.07, 6.45) is 1.84. The molecule has 0 saturated heterocycles. The van der Waals surface area contributed by atoms with E-state index in [0.29, 0.717) is 17.5 Å². The van der Waals surface area contributed by atoms with Crippen LogP contribution in [0.15, 0.2) is 150 Å². The zero-order valence-electron chi connectivity index (χ0n) is 25.1. The van der Waals surface area contributed by atoms with E-state index in [9.17, 15) is 0 Å². The van der Waals surface area contributed by atoms with Crippen molar-refractivity contribution in [3.05, 3.63) is 146 Å². The maximum absolute atomic E-state index is 6.26. The number of rotatable bonds is 3. The number of pyridine rings is 1. The highest BCUT2D eigenvalue weighted by Crippen LogP contribution is 2.40. The Morgan fingerprint density at radius 2 is 1.11 bits per heavy atom. The first-order valence-corrected chi connectivity index (χ1v) is 15.6. The minimum absolute atomic E-state index is 0.588. The fraction of sp³-hybridized carbons (Fsp3) is 0. The van der Waals surface area contributed by atoms with Crippen molar-refractivity contribution in [1.82, 2.24) is 19.9 Å². The van der Waals surface area contributed by atoms with Crippen LogP contribution in [0.2, 0.25) is 0 Å².